The molecule has 2 aromatic rings. The van der Waals surface area contributed by atoms with Crippen molar-refractivity contribution in [3.63, 3.8) is 0 Å². The number of nitrogens with two attached hydrogens (primary N) is 1. The summed E-state index contributed by atoms with van der Waals surface area (Å²) in [4.78, 5) is 11.7. The molecule has 4 nitrogen and oxygen atoms in total. The number of nitrogens with one attached hydrogen (secondary N) is 1. The Morgan fingerprint density at radius 2 is 1.57 bits per heavy atom. The molecule has 0 saturated heterocycles. The maximum absolute atomic E-state index is 11.7. The average molecular weight is 312 g/mol. The molecule has 1 amide bonds. The van der Waals surface area contributed by atoms with Crippen LogP contribution in [0.25, 0.3) is 0 Å². The lowest BCUT2D eigenvalue weighted by molar-refractivity contribution is -0.124. The molecule has 2 aromatic carbocycles. The van der Waals surface area contributed by atoms with E-state index >= 15 is 0 Å². The highest BCUT2D eigenvalue weighted by atomic mass is 16.5. The first-order valence-corrected chi connectivity index (χ1v) is 7.86. The Hall–Kier alpha value is -2.17. The Kier molecular flexibility index (Phi) is 6.78. The maximum atomic E-state index is 11.7. The summed E-state index contributed by atoms with van der Waals surface area (Å²) in [5.74, 6) is -0.163. The van der Waals surface area contributed by atoms with Gasteiger partial charge in [-0.1, -0.05) is 61.5 Å². The summed E-state index contributed by atoms with van der Waals surface area (Å²) in [6.45, 7) is 3.89. The molecule has 0 aromatic heterocycles. The van der Waals surface area contributed by atoms with Crippen LogP contribution in [0.15, 0.2) is 54.6 Å². The largest absolute Gasteiger partial charge is 0.372 e. The van der Waals surface area contributed by atoms with Crippen molar-refractivity contribution in [1.29, 1.82) is 0 Å². The zero-order valence-electron chi connectivity index (χ0n) is 13.5. The van der Waals surface area contributed by atoms with E-state index < -0.39 is 0 Å². The lowest BCUT2D eigenvalue weighted by Gasteiger charge is -2.10. The quantitative estimate of drug-likeness (QED) is 0.787. The van der Waals surface area contributed by atoms with Gasteiger partial charge >= 0.3 is 0 Å². The molecule has 0 spiro atoms. The number of benzene rings is 2. The summed E-state index contributed by atoms with van der Waals surface area (Å²) in [6.07, 6.45) is 0. The van der Waals surface area contributed by atoms with Crippen LogP contribution in [0, 0.1) is 5.92 Å². The molecule has 0 aliphatic rings. The van der Waals surface area contributed by atoms with Gasteiger partial charge in [0.15, 0.2) is 0 Å². The standard InChI is InChI=1S/C19H24N2O2/c1-15(11-20)19(22)21-12-16-7-9-18(10-8-16)14-23-13-17-5-3-2-4-6-17/h2-10,15H,11-14,20H2,1H3,(H,21,22). The minimum Gasteiger partial charge on any atom is -0.372 e. The third kappa shape index (κ3) is 5.85. The van der Waals surface area contributed by atoms with Crippen LogP contribution in [-0.4, -0.2) is 12.5 Å². The van der Waals surface area contributed by atoms with E-state index in [-0.39, 0.29) is 11.8 Å². The smallest absolute Gasteiger partial charge is 0.224 e. The maximum Gasteiger partial charge on any atom is 0.224 e. The lowest BCUT2D eigenvalue weighted by atomic mass is 10.1. The van der Waals surface area contributed by atoms with Crippen LogP contribution in [-0.2, 0) is 29.3 Å². The second kappa shape index (κ2) is 9.08. The molecule has 0 aliphatic heterocycles. The Balaban J connectivity index is 1.75. The Labute approximate surface area is 137 Å². The summed E-state index contributed by atoms with van der Waals surface area (Å²) in [5.41, 5.74) is 8.82. The molecule has 0 bridgehead atoms. The molecular weight excluding hydrogens is 288 g/mol. The van der Waals surface area contributed by atoms with Crippen molar-refractivity contribution >= 4 is 5.91 Å². The van der Waals surface area contributed by atoms with Crippen LogP contribution in [0.2, 0.25) is 0 Å². The van der Waals surface area contributed by atoms with E-state index in [1.165, 1.54) is 5.56 Å². The summed E-state index contributed by atoms with van der Waals surface area (Å²) < 4.78 is 5.71. The molecule has 122 valence electrons. The van der Waals surface area contributed by atoms with Gasteiger partial charge in [-0.25, -0.2) is 0 Å². The van der Waals surface area contributed by atoms with Gasteiger partial charge in [-0.15, -0.1) is 0 Å². The van der Waals surface area contributed by atoms with Gasteiger partial charge in [0.1, 0.15) is 0 Å². The third-order valence-corrected chi connectivity index (χ3v) is 3.67. The van der Waals surface area contributed by atoms with Gasteiger partial charge in [-0.2, -0.15) is 0 Å². The van der Waals surface area contributed by atoms with Crippen molar-refractivity contribution in [2.75, 3.05) is 6.54 Å². The molecular formula is C19H24N2O2. The minimum absolute atomic E-state index is 0.0113. The van der Waals surface area contributed by atoms with Gasteiger partial charge in [0.25, 0.3) is 0 Å². The van der Waals surface area contributed by atoms with Crippen LogP contribution < -0.4 is 11.1 Å². The topological polar surface area (TPSA) is 64.4 Å². The monoisotopic (exact) mass is 312 g/mol. The highest BCUT2D eigenvalue weighted by Gasteiger charge is 2.09. The summed E-state index contributed by atoms with van der Waals surface area (Å²) in [7, 11) is 0. The molecule has 1 unspecified atom stereocenters. The van der Waals surface area contributed by atoms with Gasteiger partial charge in [-0.05, 0) is 16.7 Å². The van der Waals surface area contributed by atoms with Crippen molar-refractivity contribution in [2.45, 2.75) is 26.7 Å². The van der Waals surface area contributed by atoms with E-state index in [1.807, 2.05) is 61.5 Å². The highest BCUT2D eigenvalue weighted by molar-refractivity contribution is 5.78. The molecule has 0 heterocycles. The van der Waals surface area contributed by atoms with Gasteiger partial charge in [0, 0.05) is 19.0 Å². The molecule has 1 atom stereocenters. The molecule has 3 N–H and O–H groups in total. The first-order valence-electron chi connectivity index (χ1n) is 7.86. The molecule has 0 saturated carbocycles. The Bertz CT molecular complexity index is 597. The third-order valence-electron chi connectivity index (χ3n) is 3.67. The van der Waals surface area contributed by atoms with E-state index in [4.69, 9.17) is 10.5 Å². The predicted molar refractivity (Wildman–Crippen MR) is 91.4 cm³/mol. The SMILES string of the molecule is CC(CN)C(=O)NCc1ccc(COCc2ccccc2)cc1. The van der Waals surface area contributed by atoms with Crippen molar-refractivity contribution < 1.29 is 9.53 Å². The second-order valence-corrected chi connectivity index (χ2v) is 5.65. The molecule has 4 heteroatoms. The normalized spacial score (nSPS) is 11.9. The van der Waals surface area contributed by atoms with Crippen molar-refractivity contribution in [3.8, 4) is 0 Å². The Morgan fingerprint density at radius 1 is 1.00 bits per heavy atom. The van der Waals surface area contributed by atoms with Crippen molar-refractivity contribution in [3.05, 3.63) is 71.3 Å². The first kappa shape index (κ1) is 17.2. The van der Waals surface area contributed by atoms with Gasteiger partial charge in [0.05, 0.1) is 13.2 Å². The summed E-state index contributed by atoms with van der Waals surface area (Å²) in [5, 5.41) is 2.88. The van der Waals surface area contributed by atoms with Gasteiger partial charge in [0.2, 0.25) is 5.91 Å². The minimum atomic E-state index is -0.152. The average Bonchev–Trinajstić information content (AvgIpc) is 2.61. The number of hydrogen-bond donors (Lipinski definition) is 2. The summed E-state index contributed by atoms with van der Waals surface area (Å²) in [6, 6.07) is 18.2. The van der Waals surface area contributed by atoms with Gasteiger partial charge in [-0.3, -0.25) is 4.79 Å². The molecule has 0 radical (unpaired) electrons. The molecule has 0 fully saturated rings. The number of rotatable bonds is 8. The summed E-state index contributed by atoms with van der Waals surface area (Å²) >= 11 is 0. The van der Waals surface area contributed by atoms with Crippen molar-refractivity contribution in [2.24, 2.45) is 11.7 Å². The van der Waals surface area contributed by atoms with Crippen LogP contribution in [0.3, 0.4) is 0 Å². The zero-order chi connectivity index (χ0) is 16.5. The van der Waals surface area contributed by atoms with Crippen LogP contribution in [0.1, 0.15) is 23.6 Å². The van der Waals surface area contributed by atoms with Crippen LogP contribution in [0.5, 0.6) is 0 Å². The number of ether oxygens (including phenoxy) is 1. The van der Waals surface area contributed by atoms with E-state index in [0.717, 1.165) is 11.1 Å². The van der Waals surface area contributed by atoms with E-state index in [0.29, 0.717) is 26.3 Å². The van der Waals surface area contributed by atoms with E-state index in [2.05, 4.69) is 5.32 Å². The number of carbonyl (C=O) groups is 1. The number of hydrogen-bond acceptors (Lipinski definition) is 3. The van der Waals surface area contributed by atoms with Crippen LogP contribution in [0.4, 0.5) is 0 Å². The molecule has 23 heavy (non-hydrogen) atoms. The number of carbonyl (C=O) groups excluding carboxylic acids is 1. The van der Waals surface area contributed by atoms with Crippen molar-refractivity contribution in [1.82, 2.24) is 5.32 Å². The Morgan fingerprint density at radius 3 is 2.17 bits per heavy atom. The second-order valence-electron chi connectivity index (χ2n) is 5.65. The zero-order valence-corrected chi connectivity index (χ0v) is 13.5. The van der Waals surface area contributed by atoms with E-state index in [9.17, 15) is 4.79 Å². The van der Waals surface area contributed by atoms with Crippen LogP contribution >= 0.6 is 0 Å². The van der Waals surface area contributed by atoms with E-state index in [1.54, 1.807) is 0 Å². The lowest BCUT2D eigenvalue weighted by Crippen LogP contribution is -2.32. The fourth-order valence-corrected chi connectivity index (χ4v) is 2.08. The number of amides is 1. The first-order chi connectivity index (χ1) is 11.2. The predicted octanol–water partition coefficient (Wildman–Crippen LogP) is 2.61. The van der Waals surface area contributed by atoms with Gasteiger partial charge < -0.3 is 15.8 Å². The molecule has 0 aliphatic carbocycles. The molecule has 2 rings (SSSR count). The fraction of sp³-hybridized carbons (Fsp3) is 0.316. The highest BCUT2D eigenvalue weighted by Crippen LogP contribution is 2.08. The fourth-order valence-electron chi connectivity index (χ4n) is 2.08.